The summed E-state index contributed by atoms with van der Waals surface area (Å²) in [6.45, 7) is 3.25. The summed E-state index contributed by atoms with van der Waals surface area (Å²) in [5.41, 5.74) is 1.68. The van der Waals surface area contributed by atoms with Gasteiger partial charge < -0.3 is 15.1 Å². The van der Waals surface area contributed by atoms with Crippen molar-refractivity contribution in [2.75, 3.05) is 56.5 Å². The van der Waals surface area contributed by atoms with E-state index in [1.54, 1.807) is 6.07 Å². The molecule has 0 saturated carbocycles. The number of nitrogens with zero attached hydrogens (tertiary/aromatic N) is 3. The first-order valence-electron chi connectivity index (χ1n) is 11.9. The summed E-state index contributed by atoms with van der Waals surface area (Å²) in [7, 11) is -3.49. The van der Waals surface area contributed by atoms with Crippen molar-refractivity contribution >= 4 is 27.5 Å². The van der Waals surface area contributed by atoms with Gasteiger partial charge in [-0.15, -0.1) is 0 Å². The third-order valence-electron chi connectivity index (χ3n) is 6.56. The van der Waals surface area contributed by atoms with Crippen molar-refractivity contribution in [3.05, 3.63) is 66.0 Å². The second kappa shape index (κ2) is 11.3. The van der Waals surface area contributed by atoms with Crippen LogP contribution in [0.3, 0.4) is 0 Å². The van der Waals surface area contributed by atoms with E-state index in [2.05, 4.69) is 22.3 Å². The van der Waals surface area contributed by atoms with Gasteiger partial charge in [-0.3, -0.25) is 9.59 Å². The van der Waals surface area contributed by atoms with E-state index in [9.17, 15) is 22.4 Å². The van der Waals surface area contributed by atoms with Crippen LogP contribution in [0, 0.1) is 11.7 Å². The smallest absolute Gasteiger partial charge is 0.227 e. The zero-order valence-corrected chi connectivity index (χ0v) is 20.4. The molecule has 188 valence electrons. The molecule has 0 aromatic heterocycles. The Morgan fingerprint density at radius 2 is 1.77 bits per heavy atom. The maximum atomic E-state index is 13.5. The van der Waals surface area contributed by atoms with Gasteiger partial charge in [0.05, 0.1) is 11.7 Å². The van der Waals surface area contributed by atoms with Crippen molar-refractivity contribution in [3.8, 4) is 0 Å². The predicted molar refractivity (Wildman–Crippen MR) is 132 cm³/mol. The zero-order chi connectivity index (χ0) is 24.8. The number of rotatable bonds is 9. The highest BCUT2D eigenvalue weighted by atomic mass is 32.2. The van der Waals surface area contributed by atoms with E-state index >= 15 is 0 Å². The summed E-state index contributed by atoms with van der Waals surface area (Å²) in [6.07, 6.45) is 0.944. The Labute approximate surface area is 205 Å². The van der Waals surface area contributed by atoms with Crippen molar-refractivity contribution in [3.63, 3.8) is 0 Å². The van der Waals surface area contributed by atoms with E-state index < -0.39 is 21.8 Å². The lowest BCUT2D eigenvalue weighted by molar-refractivity contribution is -0.126. The molecule has 2 aliphatic rings. The Bertz CT molecular complexity index is 1140. The highest BCUT2D eigenvalue weighted by Crippen LogP contribution is 2.25. The van der Waals surface area contributed by atoms with E-state index in [4.69, 9.17) is 0 Å². The number of amides is 2. The normalized spacial score (nSPS) is 19.7. The first kappa shape index (κ1) is 25.3. The number of sulfonamides is 1. The Balaban J connectivity index is 1.19. The maximum absolute atomic E-state index is 13.5. The second-order valence-electron chi connectivity index (χ2n) is 8.97. The Kier molecular flexibility index (Phi) is 8.15. The van der Waals surface area contributed by atoms with Crippen LogP contribution < -0.4 is 10.2 Å². The summed E-state index contributed by atoms with van der Waals surface area (Å²) in [6, 6.07) is 15.9. The van der Waals surface area contributed by atoms with E-state index in [1.807, 2.05) is 18.2 Å². The molecule has 0 bridgehead atoms. The molecule has 2 aromatic carbocycles. The van der Waals surface area contributed by atoms with Crippen molar-refractivity contribution < 1.29 is 22.4 Å². The summed E-state index contributed by atoms with van der Waals surface area (Å²) in [5.74, 6) is -1.85. The molecule has 0 aliphatic carbocycles. The molecule has 2 fully saturated rings. The van der Waals surface area contributed by atoms with Gasteiger partial charge in [-0.25, -0.2) is 12.8 Å². The first-order valence-corrected chi connectivity index (χ1v) is 13.5. The number of piperazine rings is 1. The van der Waals surface area contributed by atoms with Gasteiger partial charge in [-0.1, -0.05) is 36.4 Å². The van der Waals surface area contributed by atoms with Gasteiger partial charge in [0, 0.05) is 57.9 Å². The van der Waals surface area contributed by atoms with Crippen LogP contribution in [0.2, 0.25) is 0 Å². The van der Waals surface area contributed by atoms with Crippen molar-refractivity contribution in [2.45, 2.75) is 12.8 Å². The molecular formula is C25H31FN4O4S. The molecule has 2 aromatic rings. The molecule has 2 aliphatic heterocycles. The lowest BCUT2D eigenvalue weighted by Crippen LogP contribution is -2.50. The van der Waals surface area contributed by atoms with Crippen molar-refractivity contribution in [1.29, 1.82) is 0 Å². The molecule has 0 radical (unpaired) electrons. The summed E-state index contributed by atoms with van der Waals surface area (Å²) in [4.78, 5) is 28.5. The highest BCUT2D eigenvalue weighted by molar-refractivity contribution is 7.89. The van der Waals surface area contributed by atoms with Crippen LogP contribution in [0.1, 0.15) is 12.0 Å². The number of halogens is 1. The zero-order valence-electron chi connectivity index (χ0n) is 19.6. The van der Waals surface area contributed by atoms with Crippen LogP contribution in [0.4, 0.5) is 10.1 Å². The number of hydrogen-bond donors (Lipinski definition) is 1. The molecule has 35 heavy (non-hydrogen) atoms. The van der Waals surface area contributed by atoms with Gasteiger partial charge in [0.1, 0.15) is 5.82 Å². The number of hydrogen-bond acceptors (Lipinski definition) is 5. The summed E-state index contributed by atoms with van der Waals surface area (Å²) in [5, 5.41) is 2.66. The minimum atomic E-state index is -3.49. The Hall–Kier alpha value is -2.82. The van der Waals surface area contributed by atoms with E-state index in [0.29, 0.717) is 31.9 Å². The predicted octanol–water partition coefficient (Wildman–Crippen LogP) is 1.48. The lowest BCUT2D eigenvalue weighted by Gasteiger charge is -2.34. The molecule has 1 N–H and O–H groups in total. The topological polar surface area (TPSA) is 90.0 Å². The molecule has 8 nitrogen and oxygen atoms in total. The largest absolute Gasteiger partial charge is 0.355 e. The van der Waals surface area contributed by atoms with Gasteiger partial charge >= 0.3 is 0 Å². The van der Waals surface area contributed by atoms with E-state index in [1.165, 1.54) is 33.0 Å². The third kappa shape index (κ3) is 6.65. The minimum absolute atomic E-state index is 0.0138. The van der Waals surface area contributed by atoms with E-state index in [-0.39, 0.29) is 37.1 Å². The lowest BCUT2D eigenvalue weighted by atomic mass is 10.1. The minimum Gasteiger partial charge on any atom is -0.355 e. The maximum Gasteiger partial charge on any atom is 0.227 e. The van der Waals surface area contributed by atoms with Crippen LogP contribution >= 0.6 is 0 Å². The fraction of sp³-hybridized carbons (Fsp3) is 0.440. The van der Waals surface area contributed by atoms with Gasteiger partial charge in [-0.2, -0.15) is 4.31 Å². The first-order chi connectivity index (χ1) is 16.8. The number of benzene rings is 2. The second-order valence-corrected chi connectivity index (χ2v) is 11.1. The molecule has 1 unspecified atom stereocenters. The number of anilines is 1. The van der Waals surface area contributed by atoms with Gasteiger partial charge in [0.25, 0.3) is 0 Å². The van der Waals surface area contributed by atoms with Gasteiger partial charge in [0.15, 0.2) is 0 Å². The van der Waals surface area contributed by atoms with Crippen molar-refractivity contribution in [1.82, 2.24) is 14.5 Å². The van der Waals surface area contributed by atoms with Gasteiger partial charge in [0.2, 0.25) is 21.8 Å². The fourth-order valence-corrected chi connectivity index (χ4v) is 5.85. The molecule has 2 heterocycles. The molecule has 0 spiro atoms. The summed E-state index contributed by atoms with van der Waals surface area (Å²) < 4.78 is 40.5. The number of carbonyl (C=O) groups is 2. The third-order valence-corrected chi connectivity index (χ3v) is 8.43. The molecular weight excluding hydrogens is 471 g/mol. The van der Waals surface area contributed by atoms with Crippen LogP contribution in [0.25, 0.3) is 0 Å². The molecule has 2 saturated heterocycles. The quantitative estimate of drug-likeness (QED) is 0.561. The van der Waals surface area contributed by atoms with E-state index in [0.717, 1.165) is 13.0 Å². The van der Waals surface area contributed by atoms with Crippen LogP contribution in [-0.4, -0.2) is 81.0 Å². The van der Waals surface area contributed by atoms with Gasteiger partial charge in [-0.05, 0) is 30.2 Å². The molecule has 10 heteroatoms. The molecule has 4 rings (SSSR count). The number of carbonyl (C=O) groups excluding carboxylic acids is 2. The molecule has 2 amide bonds. The Morgan fingerprint density at radius 1 is 1.03 bits per heavy atom. The molecule has 1 atom stereocenters. The van der Waals surface area contributed by atoms with Crippen LogP contribution in [0.5, 0.6) is 0 Å². The Morgan fingerprint density at radius 3 is 2.49 bits per heavy atom. The van der Waals surface area contributed by atoms with Crippen LogP contribution in [0.15, 0.2) is 54.6 Å². The average Bonchev–Trinajstić information content (AvgIpc) is 3.25. The van der Waals surface area contributed by atoms with Crippen LogP contribution in [-0.2, 0) is 26.0 Å². The van der Waals surface area contributed by atoms with Crippen molar-refractivity contribution in [2.24, 2.45) is 5.92 Å². The average molecular weight is 503 g/mol. The number of nitrogens with one attached hydrogen (secondary N) is 1. The fourth-order valence-electron chi connectivity index (χ4n) is 4.52. The standard InChI is InChI=1S/C25H31FN4O4S/c26-22-7-4-8-23(18-22)30-19-21(17-24(30)31)25(32)27-10-16-35(33,34)29-14-12-28(13-15-29)11-9-20-5-2-1-3-6-20/h1-8,18,21H,9-17,19H2,(H,27,32). The SMILES string of the molecule is O=C(NCCS(=O)(=O)N1CCN(CCc2ccccc2)CC1)C1CC(=O)N(c2cccc(F)c2)C1. The monoisotopic (exact) mass is 502 g/mol. The highest BCUT2D eigenvalue weighted by Gasteiger charge is 2.35. The summed E-state index contributed by atoms with van der Waals surface area (Å²) >= 11 is 0.